The summed E-state index contributed by atoms with van der Waals surface area (Å²) in [5.41, 5.74) is 5.31. The molecule has 1 saturated heterocycles. The van der Waals surface area contributed by atoms with Crippen LogP contribution in [0.15, 0.2) is 72.8 Å². The van der Waals surface area contributed by atoms with Gasteiger partial charge in [-0.2, -0.15) is 0 Å². The number of ether oxygens (including phenoxy) is 1. The third-order valence-electron chi connectivity index (χ3n) is 5.59. The Balaban J connectivity index is 1.73. The van der Waals surface area contributed by atoms with Crippen LogP contribution in [0.25, 0.3) is 11.1 Å². The van der Waals surface area contributed by atoms with Crippen molar-refractivity contribution >= 4 is 5.91 Å². The molecular formula is C25H25NO2. The Morgan fingerprint density at radius 2 is 1.79 bits per heavy atom. The third kappa shape index (κ3) is 3.40. The van der Waals surface area contributed by atoms with Crippen molar-refractivity contribution in [1.82, 2.24) is 4.90 Å². The van der Waals surface area contributed by atoms with Crippen LogP contribution in [0.2, 0.25) is 0 Å². The number of nitrogens with zero attached hydrogens (tertiary/aromatic N) is 1. The van der Waals surface area contributed by atoms with Crippen LogP contribution in [0.4, 0.5) is 0 Å². The van der Waals surface area contributed by atoms with Crippen molar-refractivity contribution in [3.05, 3.63) is 89.5 Å². The van der Waals surface area contributed by atoms with Gasteiger partial charge in [0.25, 0.3) is 5.91 Å². The molecule has 4 rings (SSSR count). The Hall–Kier alpha value is -3.07. The first-order valence-electron chi connectivity index (χ1n) is 9.79. The van der Waals surface area contributed by atoms with E-state index in [1.807, 2.05) is 48.2 Å². The number of rotatable bonds is 4. The Labute approximate surface area is 166 Å². The van der Waals surface area contributed by atoms with Crippen LogP contribution in [0.3, 0.4) is 0 Å². The molecule has 3 nitrogen and oxygen atoms in total. The summed E-state index contributed by atoms with van der Waals surface area (Å²) in [7, 11) is 1.69. The standard InChI is InChI=1S/C25H25NO2/c1-18-9-3-4-12-21(18)25(27)26-16-8-15-24(26)23-14-6-5-13-22(23)19-10-7-11-20(17-19)28-2/h3-7,9-14,17,24H,8,15-16H2,1-2H3/t24-/m1/s1. The SMILES string of the molecule is COc1cccc(-c2ccccc2[C@H]2CCCN2C(=O)c2ccccc2C)c1. The number of carbonyl (C=O) groups is 1. The van der Waals surface area contributed by atoms with Crippen LogP contribution in [0, 0.1) is 6.92 Å². The van der Waals surface area contributed by atoms with Crippen molar-refractivity contribution in [3.63, 3.8) is 0 Å². The molecule has 0 aliphatic carbocycles. The van der Waals surface area contributed by atoms with Gasteiger partial charge in [-0.05, 0) is 60.2 Å². The smallest absolute Gasteiger partial charge is 0.254 e. The van der Waals surface area contributed by atoms with Gasteiger partial charge in [0.05, 0.1) is 13.2 Å². The average molecular weight is 371 g/mol. The Morgan fingerprint density at radius 1 is 1.00 bits per heavy atom. The number of aryl methyl sites for hydroxylation is 1. The average Bonchev–Trinajstić information content (AvgIpc) is 3.23. The maximum Gasteiger partial charge on any atom is 0.254 e. The summed E-state index contributed by atoms with van der Waals surface area (Å²) in [6.07, 6.45) is 2.01. The molecule has 28 heavy (non-hydrogen) atoms. The van der Waals surface area contributed by atoms with E-state index in [9.17, 15) is 4.79 Å². The van der Waals surface area contributed by atoms with E-state index in [1.165, 1.54) is 5.56 Å². The number of hydrogen-bond acceptors (Lipinski definition) is 2. The molecule has 3 aromatic carbocycles. The van der Waals surface area contributed by atoms with Crippen LogP contribution in [-0.4, -0.2) is 24.5 Å². The van der Waals surface area contributed by atoms with E-state index in [0.717, 1.165) is 47.4 Å². The molecule has 0 spiro atoms. The number of hydrogen-bond donors (Lipinski definition) is 0. The number of likely N-dealkylation sites (tertiary alicyclic amines) is 1. The quantitative estimate of drug-likeness (QED) is 0.593. The normalized spacial score (nSPS) is 16.2. The summed E-state index contributed by atoms with van der Waals surface area (Å²) in [6.45, 7) is 2.80. The summed E-state index contributed by atoms with van der Waals surface area (Å²) < 4.78 is 5.41. The molecule has 1 atom stereocenters. The molecular weight excluding hydrogens is 346 g/mol. The lowest BCUT2D eigenvalue weighted by atomic mass is 9.93. The Kier molecular flexibility index (Phi) is 5.16. The molecule has 1 aliphatic rings. The van der Waals surface area contributed by atoms with Crippen molar-refractivity contribution in [2.45, 2.75) is 25.8 Å². The fraction of sp³-hybridized carbons (Fsp3) is 0.240. The summed E-state index contributed by atoms with van der Waals surface area (Å²) in [4.78, 5) is 15.3. The molecule has 0 radical (unpaired) electrons. The monoisotopic (exact) mass is 371 g/mol. The summed E-state index contributed by atoms with van der Waals surface area (Å²) in [6, 6.07) is 24.5. The minimum Gasteiger partial charge on any atom is -0.497 e. The Morgan fingerprint density at radius 3 is 2.61 bits per heavy atom. The van der Waals surface area contributed by atoms with Crippen molar-refractivity contribution in [2.24, 2.45) is 0 Å². The van der Waals surface area contributed by atoms with Gasteiger partial charge in [0.2, 0.25) is 0 Å². The lowest BCUT2D eigenvalue weighted by Gasteiger charge is -2.27. The number of methoxy groups -OCH3 is 1. The van der Waals surface area contributed by atoms with Crippen LogP contribution in [-0.2, 0) is 0 Å². The van der Waals surface area contributed by atoms with Gasteiger partial charge in [0.15, 0.2) is 0 Å². The molecule has 3 aromatic rings. The van der Waals surface area contributed by atoms with Gasteiger partial charge in [-0.15, -0.1) is 0 Å². The number of benzene rings is 3. The third-order valence-corrected chi connectivity index (χ3v) is 5.59. The molecule has 1 fully saturated rings. The zero-order valence-corrected chi connectivity index (χ0v) is 16.4. The minimum atomic E-state index is 0.0921. The van der Waals surface area contributed by atoms with E-state index < -0.39 is 0 Å². The molecule has 0 aromatic heterocycles. The molecule has 142 valence electrons. The summed E-state index contributed by atoms with van der Waals surface area (Å²) in [5, 5.41) is 0. The molecule has 0 unspecified atom stereocenters. The minimum absolute atomic E-state index is 0.0921. The second-order valence-electron chi connectivity index (χ2n) is 7.29. The van der Waals surface area contributed by atoms with Gasteiger partial charge in [0, 0.05) is 12.1 Å². The highest BCUT2D eigenvalue weighted by molar-refractivity contribution is 5.96. The zero-order chi connectivity index (χ0) is 19.5. The van der Waals surface area contributed by atoms with Crippen LogP contribution in [0.1, 0.15) is 40.4 Å². The lowest BCUT2D eigenvalue weighted by Crippen LogP contribution is -2.31. The molecule has 0 bridgehead atoms. The molecule has 3 heteroatoms. The predicted octanol–water partition coefficient (Wildman–Crippen LogP) is 5.65. The van der Waals surface area contributed by atoms with Crippen molar-refractivity contribution in [3.8, 4) is 16.9 Å². The first-order chi connectivity index (χ1) is 13.7. The van der Waals surface area contributed by atoms with E-state index >= 15 is 0 Å². The largest absolute Gasteiger partial charge is 0.497 e. The molecule has 1 aliphatic heterocycles. The highest BCUT2D eigenvalue weighted by Gasteiger charge is 2.32. The number of carbonyl (C=O) groups excluding carboxylic acids is 1. The van der Waals surface area contributed by atoms with E-state index in [4.69, 9.17) is 4.74 Å². The van der Waals surface area contributed by atoms with Gasteiger partial charge in [-0.3, -0.25) is 4.79 Å². The highest BCUT2D eigenvalue weighted by atomic mass is 16.5. The fourth-order valence-corrected chi connectivity index (χ4v) is 4.14. The van der Waals surface area contributed by atoms with E-state index in [0.29, 0.717) is 0 Å². The second-order valence-corrected chi connectivity index (χ2v) is 7.29. The van der Waals surface area contributed by atoms with Gasteiger partial charge in [0.1, 0.15) is 5.75 Å². The van der Waals surface area contributed by atoms with Gasteiger partial charge >= 0.3 is 0 Å². The van der Waals surface area contributed by atoms with Gasteiger partial charge in [-0.25, -0.2) is 0 Å². The van der Waals surface area contributed by atoms with Crippen molar-refractivity contribution in [1.29, 1.82) is 0 Å². The molecule has 1 heterocycles. The Bertz CT molecular complexity index is 995. The maximum absolute atomic E-state index is 13.3. The van der Waals surface area contributed by atoms with E-state index in [2.05, 4.69) is 36.4 Å². The van der Waals surface area contributed by atoms with E-state index in [1.54, 1.807) is 7.11 Å². The highest BCUT2D eigenvalue weighted by Crippen LogP contribution is 2.39. The molecule has 0 N–H and O–H groups in total. The van der Waals surface area contributed by atoms with Crippen LogP contribution in [0.5, 0.6) is 5.75 Å². The van der Waals surface area contributed by atoms with Gasteiger partial charge in [-0.1, -0.05) is 54.6 Å². The number of amides is 1. The predicted molar refractivity (Wildman–Crippen MR) is 113 cm³/mol. The molecule has 0 saturated carbocycles. The topological polar surface area (TPSA) is 29.5 Å². The lowest BCUT2D eigenvalue weighted by molar-refractivity contribution is 0.0735. The second kappa shape index (κ2) is 7.89. The fourth-order valence-electron chi connectivity index (χ4n) is 4.14. The van der Waals surface area contributed by atoms with Crippen LogP contribution < -0.4 is 4.74 Å². The zero-order valence-electron chi connectivity index (χ0n) is 16.4. The van der Waals surface area contributed by atoms with E-state index in [-0.39, 0.29) is 11.9 Å². The summed E-state index contributed by atoms with van der Waals surface area (Å²) >= 11 is 0. The summed E-state index contributed by atoms with van der Waals surface area (Å²) in [5.74, 6) is 0.965. The molecule has 1 amide bonds. The maximum atomic E-state index is 13.3. The van der Waals surface area contributed by atoms with Crippen LogP contribution >= 0.6 is 0 Å². The first-order valence-corrected chi connectivity index (χ1v) is 9.79. The first kappa shape index (κ1) is 18.3. The van der Waals surface area contributed by atoms with Crippen molar-refractivity contribution < 1.29 is 9.53 Å². The van der Waals surface area contributed by atoms with Gasteiger partial charge < -0.3 is 9.64 Å². The van der Waals surface area contributed by atoms with Crippen molar-refractivity contribution in [2.75, 3.05) is 13.7 Å².